The average Bonchev–Trinajstić information content (AvgIpc) is 3.00. The van der Waals surface area contributed by atoms with Gasteiger partial charge in [-0.2, -0.15) is 0 Å². The molecule has 3 rings (SSSR count). The third-order valence-corrected chi connectivity index (χ3v) is 5.93. The molecule has 21 heavy (non-hydrogen) atoms. The number of aliphatic carboxylic acids is 1. The van der Waals surface area contributed by atoms with E-state index in [-0.39, 0.29) is 11.8 Å². The largest absolute Gasteiger partial charge is 0.481 e. The van der Waals surface area contributed by atoms with Gasteiger partial charge in [0.1, 0.15) is 0 Å². The maximum absolute atomic E-state index is 12.3. The topological polar surface area (TPSA) is 69.6 Å². The lowest BCUT2D eigenvalue weighted by Gasteiger charge is -2.36. The Bertz CT molecular complexity index is 412. The zero-order valence-corrected chi connectivity index (χ0v) is 12.8. The molecule has 0 radical (unpaired) electrons. The second-order valence-electron chi connectivity index (χ2n) is 7.12. The molecular formula is C16H26N2O3. The van der Waals surface area contributed by atoms with Crippen molar-refractivity contribution in [2.24, 2.45) is 17.8 Å². The van der Waals surface area contributed by atoms with Crippen LogP contribution >= 0.6 is 0 Å². The lowest BCUT2D eigenvalue weighted by atomic mass is 9.90. The van der Waals surface area contributed by atoms with Crippen molar-refractivity contribution in [1.82, 2.24) is 10.2 Å². The third kappa shape index (κ3) is 2.93. The van der Waals surface area contributed by atoms with E-state index in [1.54, 1.807) is 0 Å². The number of carbonyl (C=O) groups excluding carboxylic acids is 1. The fourth-order valence-corrected chi connectivity index (χ4v) is 4.64. The van der Waals surface area contributed by atoms with E-state index >= 15 is 0 Å². The number of fused-ring (bicyclic) bond motifs is 2. The van der Waals surface area contributed by atoms with Gasteiger partial charge in [-0.1, -0.05) is 6.42 Å². The minimum atomic E-state index is -0.815. The lowest BCUT2D eigenvalue weighted by Crippen LogP contribution is -2.44. The summed E-state index contributed by atoms with van der Waals surface area (Å²) in [6.07, 6.45) is 7.13. The van der Waals surface area contributed by atoms with Crippen LogP contribution in [0.5, 0.6) is 0 Å². The van der Waals surface area contributed by atoms with Crippen molar-refractivity contribution in [1.29, 1.82) is 0 Å². The minimum Gasteiger partial charge on any atom is -0.481 e. The molecule has 5 heteroatoms. The Morgan fingerprint density at radius 3 is 2.33 bits per heavy atom. The molecule has 3 aliphatic rings. The second-order valence-corrected chi connectivity index (χ2v) is 7.12. The van der Waals surface area contributed by atoms with Gasteiger partial charge in [-0.25, -0.2) is 0 Å². The van der Waals surface area contributed by atoms with Gasteiger partial charge in [0.15, 0.2) is 0 Å². The van der Waals surface area contributed by atoms with Gasteiger partial charge in [0.25, 0.3) is 0 Å². The van der Waals surface area contributed by atoms with Crippen molar-refractivity contribution in [3.8, 4) is 0 Å². The number of nitrogens with zero attached hydrogens (tertiary/aromatic N) is 1. The van der Waals surface area contributed by atoms with Crippen molar-refractivity contribution < 1.29 is 14.7 Å². The monoisotopic (exact) mass is 294 g/mol. The van der Waals surface area contributed by atoms with Crippen molar-refractivity contribution in [2.45, 2.75) is 57.0 Å². The second kappa shape index (κ2) is 5.95. The quantitative estimate of drug-likeness (QED) is 0.824. The first-order valence-corrected chi connectivity index (χ1v) is 8.28. The Hall–Kier alpha value is -1.10. The van der Waals surface area contributed by atoms with Crippen LogP contribution in [0.2, 0.25) is 0 Å². The van der Waals surface area contributed by atoms with Gasteiger partial charge in [-0.05, 0) is 51.5 Å². The van der Waals surface area contributed by atoms with Gasteiger partial charge in [-0.3, -0.25) is 9.59 Å². The van der Waals surface area contributed by atoms with E-state index < -0.39 is 11.9 Å². The van der Waals surface area contributed by atoms with E-state index in [0.29, 0.717) is 24.4 Å². The first kappa shape index (κ1) is 14.8. The average molecular weight is 294 g/mol. The molecule has 2 N–H and O–H groups in total. The fourth-order valence-electron chi connectivity index (χ4n) is 4.64. The van der Waals surface area contributed by atoms with Crippen LogP contribution in [-0.2, 0) is 9.59 Å². The van der Waals surface area contributed by atoms with E-state index in [4.69, 9.17) is 0 Å². The Morgan fingerprint density at radius 1 is 1.10 bits per heavy atom. The molecule has 0 spiro atoms. The number of rotatable bonds is 4. The van der Waals surface area contributed by atoms with Crippen LogP contribution in [0.4, 0.5) is 0 Å². The van der Waals surface area contributed by atoms with Crippen molar-refractivity contribution in [2.75, 3.05) is 13.6 Å². The van der Waals surface area contributed by atoms with Gasteiger partial charge >= 0.3 is 5.97 Å². The van der Waals surface area contributed by atoms with Crippen molar-refractivity contribution in [3.05, 3.63) is 0 Å². The fraction of sp³-hybridized carbons (Fsp3) is 0.875. The highest BCUT2D eigenvalue weighted by atomic mass is 16.4. The smallest absolute Gasteiger partial charge is 0.307 e. The number of piperidine rings is 1. The lowest BCUT2D eigenvalue weighted by molar-refractivity contribution is -0.146. The predicted octanol–water partition coefficient (Wildman–Crippen LogP) is 1.48. The van der Waals surface area contributed by atoms with Crippen LogP contribution in [0.25, 0.3) is 0 Å². The molecule has 2 bridgehead atoms. The number of hydrogen-bond donors (Lipinski definition) is 2. The molecule has 1 aliphatic carbocycles. The minimum absolute atomic E-state index is 0.0359. The van der Waals surface area contributed by atoms with Gasteiger partial charge in [-0.15, -0.1) is 0 Å². The summed E-state index contributed by atoms with van der Waals surface area (Å²) in [4.78, 5) is 25.9. The van der Waals surface area contributed by atoms with Crippen LogP contribution in [0, 0.1) is 17.8 Å². The van der Waals surface area contributed by atoms with E-state index in [9.17, 15) is 14.7 Å². The summed E-state index contributed by atoms with van der Waals surface area (Å²) in [6, 6.07) is 1.37. The highest BCUT2D eigenvalue weighted by Gasteiger charge is 2.40. The van der Waals surface area contributed by atoms with Crippen LogP contribution in [0.1, 0.15) is 44.9 Å². The summed E-state index contributed by atoms with van der Waals surface area (Å²) in [5.41, 5.74) is 0. The summed E-state index contributed by atoms with van der Waals surface area (Å²) in [7, 11) is 2.22. The number of nitrogens with one attached hydrogen (secondary N) is 1. The van der Waals surface area contributed by atoms with Crippen LogP contribution in [-0.4, -0.2) is 47.6 Å². The summed E-state index contributed by atoms with van der Waals surface area (Å²) < 4.78 is 0. The summed E-state index contributed by atoms with van der Waals surface area (Å²) in [5.74, 6) is -1.08. The van der Waals surface area contributed by atoms with Crippen LogP contribution in [0.3, 0.4) is 0 Å². The molecular weight excluding hydrogens is 268 g/mol. The molecule has 4 atom stereocenters. The molecule has 2 saturated heterocycles. The Morgan fingerprint density at radius 2 is 1.71 bits per heavy atom. The number of hydrogen-bond acceptors (Lipinski definition) is 3. The van der Waals surface area contributed by atoms with Crippen molar-refractivity contribution in [3.63, 3.8) is 0 Å². The number of amides is 1. The molecule has 0 aromatic carbocycles. The maximum atomic E-state index is 12.3. The summed E-state index contributed by atoms with van der Waals surface area (Å²) in [5, 5.41) is 12.2. The maximum Gasteiger partial charge on any atom is 0.307 e. The number of carboxylic acids is 1. The van der Waals surface area contributed by atoms with Gasteiger partial charge < -0.3 is 15.3 Å². The Kier molecular flexibility index (Phi) is 4.20. The highest BCUT2D eigenvalue weighted by molar-refractivity contribution is 5.85. The molecule has 3 fully saturated rings. The van der Waals surface area contributed by atoms with E-state index in [0.717, 1.165) is 19.4 Å². The zero-order valence-electron chi connectivity index (χ0n) is 12.8. The normalized spacial score (nSPS) is 39.4. The molecule has 2 aliphatic heterocycles. The third-order valence-electron chi connectivity index (χ3n) is 5.93. The standard InChI is InChI=1S/C16H26N2O3/c1-18-11-5-6-12(18)8-10(7-11)9-17-15(19)13-3-2-4-14(13)16(20)21/h10-14H,2-9H2,1H3,(H,17,19)(H,20,21). The first-order valence-electron chi connectivity index (χ1n) is 8.28. The van der Waals surface area contributed by atoms with Crippen LogP contribution < -0.4 is 5.32 Å². The van der Waals surface area contributed by atoms with Gasteiger partial charge in [0.2, 0.25) is 5.91 Å². The van der Waals surface area contributed by atoms with Gasteiger partial charge in [0, 0.05) is 18.6 Å². The number of carbonyl (C=O) groups is 2. The molecule has 5 nitrogen and oxygen atoms in total. The molecule has 0 aromatic rings. The van der Waals surface area contributed by atoms with E-state index in [1.807, 2.05) is 0 Å². The molecule has 1 saturated carbocycles. The zero-order chi connectivity index (χ0) is 15.0. The molecule has 2 heterocycles. The van der Waals surface area contributed by atoms with E-state index in [2.05, 4.69) is 17.3 Å². The number of carboxylic acid groups (broad SMARTS) is 1. The Balaban J connectivity index is 1.49. The Labute approximate surface area is 126 Å². The molecule has 1 amide bonds. The summed E-state index contributed by atoms with van der Waals surface area (Å²) >= 11 is 0. The molecule has 118 valence electrons. The predicted molar refractivity (Wildman–Crippen MR) is 78.8 cm³/mol. The van der Waals surface area contributed by atoms with E-state index in [1.165, 1.54) is 25.7 Å². The molecule has 4 unspecified atom stereocenters. The van der Waals surface area contributed by atoms with Crippen molar-refractivity contribution >= 4 is 11.9 Å². The first-order chi connectivity index (χ1) is 10.1. The van der Waals surface area contributed by atoms with Crippen LogP contribution in [0.15, 0.2) is 0 Å². The molecule has 0 aromatic heterocycles. The summed E-state index contributed by atoms with van der Waals surface area (Å²) in [6.45, 7) is 0.725. The highest BCUT2D eigenvalue weighted by Crippen LogP contribution is 2.37. The SMILES string of the molecule is CN1C2CCC1CC(CNC(=O)C1CCCC1C(=O)O)C2. The van der Waals surface area contributed by atoms with Gasteiger partial charge in [0.05, 0.1) is 11.8 Å².